The van der Waals surface area contributed by atoms with Crippen LogP contribution in [0.15, 0.2) is 174 Å². The molecule has 0 fully saturated rings. The molecule has 0 atom stereocenters. The zero-order valence-electron chi connectivity index (χ0n) is 31.1. The van der Waals surface area contributed by atoms with Crippen molar-refractivity contribution in [3.05, 3.63) is 187 Å². The number of rotatable bonds is 6. The third kappa shape index (κ3) is 4.94. The molecular weight excluding hydrogens is 655 g/mol. The Morgan fingerprint density at radius 1 is 0.500 bits per heavy atom. The van der Waals surface area contributed by atoms with Crippen LogP contribution in [-0.2, 0) is 5.41 Å². The van der Waals surface area contributed by atoms with Crippen molar-refractivity contribution in [1.82, 2.24) is 0 Å². The second-order valence-electron chi connectivity index (χ2n) is 15.5. The van der Waals surface area contributed by atoms with Crippen LogP contribution in [0.25, 0.3) is 66.1 Å². The van der Waals surface area contributed by atoms with Gasteiger partial charge in [0.25, 0.3) is 0 Å². The summed E-state index contributed by atoms with van der Waals surface area (Å²) in [6, 6.07) is 61.9. The zero-order valence-corrected chi connectivity index (χ0v) is 31.1. The van der Waals surface area contributed by atoms with Crippen LogP contribution < -0.4 is 4.90 Å². The molecule has 1 aliphatic rings. The molecule has 54 heavy (non-hydrogen) atoms. The van der Waals surface area contributed by atoms with E-state index in [9.17, 15) is 0 Å². The molecule has 0 amide bonds. The van der Waals surface area contributed by atoms with Gasteiger partial charge in [-0.05, 0) is 109 Å². The van der Waals surface area contributed by atoms with E-state index in [4.69, 9.17) is 4.42 Å². The maximum atomic E-state index is 6.44. The molecule has 1 heterocycles. The summed E-state index contributed by atoms with van der Waals surface area (Å²) >= 11 is 0. The lowest BCUT2D eigenvalue weighted by Gasteiger charge is -2.29. The molecule has 10 rings (SSSR count). The molecule has 8 aromatic carbocycles. The van der Waals surface area contributed by atoms with Gasteiger partial charge in [-0.1, -0.05) is 155 Å². The van der Waals surface area contributed by atoms with E-state index in [1.165, 1.54) is 60.8 Å². The largest absolute Gasteiger partial charge is 0.456 e. The van der Waals surface area contributed by atoms with Gasteiger partial charge in [-0.3, -0.25) is 0 Å². The number of para-hydroxylation sites is 1. The normalized spacial score (nSPS) is 13.1. The van der Waals surface area contributed by atoms with Crippen molar-refractivity contribution in [3.63, 3.8) is 0 Å². The first-order chi connectivity index (χ1) is 26.4. The first-order valence-corrected chi connectivity index (χ1v) is 19.0. The average molecular weight is 696 g/mol. The van der Waals surface area contributed by atoms with E-state index in [1.54, 1.807) is 0 Å². The Labute approximate surface area is 316 Å². The van der Waals surface area contributed by atoms with Gasteiger partial charge in [0.15, 0.2) is 0 Å². The number of fused-ring (bicyclic) bond motifs is 7. The van der Waals surface area contributed by atoms with Gasteiger partial charge >= 0.3 is 0 Å². The Morgan fingerprint density at radius 2 is 1.19 bits per heavy atom. The zero-order chi connectivity index (χ0) is 36.6. The molecule has 0 N–H and O–H groups in total. The van der Waals surface area contributed by atoms with Gasteiger partial charge in [0.1, 0.15) is 11.2 Å². The standard InChI is InChI=1S/C52H41NO/c1-33(2)39-19-12-20-44-50(39)42-31-29-38(32-45(42)52(44,3)4)53(46-21-13-23-48-51(46)43-18-10-11-22-47(43)54-48)37-27-24-35(25-28-37)41-30-26-34-14-8-9-17-40(34)49(41)36-15-6-5-7-16-36/h5-33H,1-4H3. The summed E-state index contributed by atoms with van der Waals surface area (Å²) in [5.74, 6) is 0.438. The van der Waals surface area contributed by atoms with Crippen molar-refractivity contribution in [2.45, 2.75) is 39.0 Å². The lowest BCUT2D eigenvalue weighted by atomic mass is 9.81. The summed E-state index contributed by atoms with van der Waals surface area (Å²) in [5.41, 5.74) is 16.8. The first kappa shape index (κ1) is 32.3. The van der Waals surface area contributed by atoms with Crippen LogP contribution in [-0.4, -0.2) is 0 Å². The predicted molar refractivity (Wildman–Crippen MR) is 228 cm³/mol. The minimum absolute atomic E-state index is 0.140. The first-order valence-electron chi connectivity index (χ1n) is 19.0. The number of anilines is 3. The molecule has 1 aliphatic carbocycles. The highest BCUT2D eigenvalue weighted by atomic mass is 16.3. The van der Waals surface area contributed by atoms with Crippen molar-refractivity contribution in [3.8, 4) is 33.4 Å². The quantitative estimate of drug-likeness (QED) is 0.172. The third-order valence-electron chi connectivity index (χ3n) is 11.6. The number of nitrogens with zero attached hydrogens (tertiary/aromatic N) is 1. The molecule has 0 spiro atoms. The third-order valence-corrected chi connectivity index (χ3v) is 11.6. The van der Waals surface area contributed by atoms with E-state index >= 15 is 0 Å². The van der Waals surface area contributed by atoms with E-state index in [1.807, 2.05) is 6.07 Å². The summed E-state index contributed by atoms with van der Waals surface area (Å²) in [5, 5.41) is 4.73. The van der Waals surface area contributed by atoms with Crippen molar-refractivity contribution in [1.29, 1.82) is 0 Å². The Hall–Kier alpha value is -6.38. The molecule has 9 aromatic rings. The Balaban J connectivity index is 1.18. The monoisotopic (exact) mass is 695 g/mol. The van der Waals surface area contributed by atoms with Gasteiger partial charge in [-0.25, -0.2) is 0 Å². The summed E-state index contributed by atoms with van der Waals surface area (Å²) in [7, 11) is 0. The molecular formula is C52H41NO. The second kappa shape index (κ2) is 12.4. The summed E-state index contributed by atoms with van der Waals surface area (Å²) in [4.78, 5) is 2.43. The maximum Gasteiger partial charge on any atom is 0.137 e. The van der Waals surface area contributed by atoms with Crippen LogP contribution in [0.1, 0.15) is 50.3 Å². The van der Waals surface area contributed by atoms with Gasteiger partial charge in [0, 0.05) is 22.2 Å². The van der Waals surface area contributed by atoms with E-state index < -0.39 is 0 Å². The van der Waals surface area contributed by atoms with E-state index in [0.717, 1.165) is 39.0 Å². The van der Waals surface area contributed by atoms with E-state index in [-0.39, 0.29) is 5.41 Å². The number of hydrogen-bond acceptors (Lipinski definition) is 2. The van der Waals surface area contributed by atoms with Crippen LogP contribution in [0.5, 0.6) is 0 Å². The molecule has 2 heteroatoms. The van der Waals surface area contributed by atoms with Gasteiger partial charge < -0.3 is 9.32 Å². The van der Waals surface area contributed by atoms with Crippen LogP contribution in [0, 0.1) is 0 Å². The lowest BCUT2D eigenvalue weighted by Crippen LogP contribution is -2.16. The summed E-state index contributed by atoms with van der Waals surface area (Å²) in [6.07, 6.45) is 0. The average Bonchev–Trinajstić information content (AvgIpc) is 3.70. The lowest BCUT2D eigenvalue weighted by molar-refractivity contribution is 0.659. The topological polar surface area (TPSA) is 16.4 Å². The SMILES string of the molecule is CC(C)c1cccc2c1-c1ccc(N(c3ccc(-c4ccc5ccccc5c4-c4ccccc4)cc3)c3cccc4oc5ccccc5c34)cc1C2(C)C. The highest BCUT2D eigenvalue weighted by Crippen LogP contribution is 2.53. The Morgan fingerprint density at radius 3 is 2.00 bits per heavy atom. The van der Waals surface area contributed by atoms with Crippen molar-refractivity contribution >= 4 is 49.8 Å². The fraction of sp³-hybridized carbons (Fsp3) is 0.115. The van der Waals surface area contributed by atoms with Crippen LogP contribution >= 0.6 is 0 Å². The predicted octanol–water partition coefficient (Wildman–Crippen LogP) is 15.0. The summed E-state index contributed by atoms with van der Waals surface area (Å²) < 4.78 is 6.44. The van der Waals surface area contributed by atoms with E-state index in [2.05, 4.69) is 196 Å². The van der Waals surface area contributed by atoms with Crippen molar-refractivity contribution in [2.24, 2.45) is 0 Å². The molecule has 0 aliphatic heterocycles. The van der Waals surface area contributed by atoms with E-state index in [0.29, 0.717) is 5.92 Å². The molecule has 0 unspecified atom stereocenters. The van der Waals surface area contributed by atoms with Gasteiger partial charge in [0.05, 0.1) is 11.1 Å². The molecule has 2 nitrogen and oxygen atoms in total. The molecule has 0 bridgehead atoms. The van der Waals surface area contributed by atoms with Crippen molar-refractivity contribution in [2.75, 3.05) is 4.90 Å². The Bertz CT molecular complexity index is 2880. The fourth-order valence-electron chi connectivity index (χ4n) is 9.01. The molecule has 260 valence electrons. The highest BCUT2D eigenvalue weighted by molar-refractivity contribution is 6.13. The minimum Gasteiger partial charge on any atom is -0.456 e. The summed E-state index contributed by atoms with van der Waals surface area (Å²) in [6.45, 7) is 9.36. The smallest absolute Gasteiger partial charge is 0.137 e. The fourth-order valence-corrected chi connectivity index (χ4v) is 9.01. The van der Waals surface area contributed by atoms with Gasteiger partial charge in [-0.15, -0.1) is 0 Å². The number of benzene rings is 8. The molecule has 1 aromatic heterocycles. The highest BCUT2D eigenvalue weighted by Gasteiger charge is 2.37. The molecule has 0 saturated carbocycles. The van der Waals surface area contributed by atoms with Crippen LogP contribution in [0.3, 0.4) is 0 Å². The minimum atomic E-state index is -0.140. The number of furan rings is 1. The molecule has 0 radical (unpaired) electrons. The van der Waals surface area contributed by atoms with Gasteiger partial charge in [-0.2, -0.15) is 0 Å². The number of hydrogen-bond donors (Lipinski definition) is 0. The maximum absolute atomic E-state index is 6.44. The van der Waals surface area contributed by atoms with Gasteiger partial charge in [0.2, 0.25) is 0 Å². The second-order valence-corrected chi connectivity index (χ2v) is 15.5. The Kier molecular flexibility index (Phi) is 7.39. The van der Waals surface area contributed by atoms with Crippen LogP contribution in [0.2, 0.25) is 0 Å². The van der Waals surface area contributed by atoms with Crippen LogP contribution in [0.4, 0.5) is 17.1 Å². The van der Waals surface area contributed by atoms with Crippen molar-refractivity contribution < 1.29 is 4.42 Å². The molecule has 0 saturated heterocycles.